The molecule has 0 amide bonds. The number of carbonyl (C=O) groups excluding carboxylic acids is 4. The number of ketones is 1. The summed E-state index contributed by atoms with van der Waals surface area (Å²) in [5.41, 5.74) is 0.0538. The van der Waals surface area contributed by atoms with Gasteiger partial charge in [0.25, 0.3) is 0 Å². The minimum absolute atomic E-state index is 0.0256. The van der Waals surface area contributed by atoms with Crippen LogP contribution in [0.15, 0.2) is 0 Å². The first kappa shape index (κ1) is 31.5. The molecular weight excluding hydrogens is 532 g/mol. The Kier molecular flexibility index (Phi) is 7.96. The van der Waals surface area contributed by atoms with E-state index in [9.17, 15) is 19.2 Å². The minimum atomic E-state index is -0.426. The van der Waals surface area contributed by atoms with Crippen molar-refractivity contribution in [2.45, 2.75) is 126 Å². The molecule has 236 valence electrons. The highest BCUT2D eigenvalue weighted by atomic mass is 16.5. The van der Waals surface area contributed by atoms with Gasteiger partial charge in [0, 0.05) is 37.5 Å². The third kappa shape index (κ3) is 4.65. The van der Waals surface area contributed by atoms with E-state index in [0.29, 0.717) is 24.4 Å². The lowest BCUT2D eigenvalue weighted by Crippen LogP contribution is -2.67. The van der Waals surface area contributed by atoms with E-state index in [0.717, 1.165) is 64.2 Å². The lowest BCUT2D eigenvalue weighted by molar-refractivity contribution is -0.252. The molecule has 5 fully saturated rings. The number of Topliss-reactive ketones (excluding diaryl/α,β-unsaturated/α-hetero) is 1. The van der Waals surface area contributed by atoms with E-state index in [1.807, 2.05) is 0 Å². The third-order valence-electron chi connectivity index (χ3n) is 14.2. The molecule has 42 heavy (non-hydrogen) atoms. The highest BCUT2D eigenvalue weighted by Gasteiger charge is 2.71. The topological polar surface area (TPSA) is 96.0 Å². The normalized spacial score (nSPS) is 45.3. The van der Waals surface area contributed by atoms with Gasteiger partial charge in [0.1, 0.15) is 12.7 Å². The first-order valence-electron chi connectivity index (χ1n) is 16.5. The molecule has 7 heteroatoms. The van der Waals surface area contributed by atoms with Gasteiger partial charge >= 0.3 is 17.9 Å². The Balaban J connectivity index is 1.48. The zero-order chi connectivity index (χ0) is 30.9. The van der Waals surface area contributed by atoms with Crippen molar-refractivity contribution in [1.82, 2.24) is 0 Å². The Morgan fingerprint density at radius 1 is 0.667 bits per heavy atom. The summed E-state index contributed by atoms with van der Waals surface area (Å²) >= 11 is 0. The van der Waals surface area contributed by atoms with Gasteiger partial charge in [-0.25, -0.2) is 0 Å². The summed E-state index contributed by atoms with van der Waals surface area (Å²) in [6, 6.07) is 0. The van der Waals surface area contributed by atoms with Crippen molar-refractivity contribution in [3.05, 3.63) is 0 Å². The van der Waals surface area contributed by atoms with E-state index < -0.39 is 5.97 Å². The summed E-state index contributed by atoms with van der Waals surface area (Å²) in [6.07, 6.45) is 10.1. The van der Waals surface area contributed by atoms with E-state index in [2.05, 4.69) is 34.6 Å². The predicted molar refractivity (Wildman–Crippen MR) is 158 cm³/mol. The van der Waals surface area contributed by atoms with Gasteiger partial charge in [-0.2, -0.15) is 0 Å². The molecule has 7 nitrogen and oxygen atoms in total. The van der Waals surface area contributed by atoms with Crippen LogP contribution >= 0.6 is 0 Å². The number of rotatable bonds is 6. The Morgan fingerprint density at radius 3 is 2.00 bits per heavy atom. The minimum Gasteiger partial charge on any atom is -0.465 e. The van der Waals surface area contributed by atoms with Crippen LogP contribution < -0.4 is 0 Å². The first-order chi connectivity index (χ1) is 19.5. The van der Waals surface area contributed by atoms with Crippen molar-refractivity contribution in [1.29, 1.82) is 0 Å². The lowest BCUT2D eigenvalue weighted by Gasteiger charge is -2.73. The molecule has 10 atom stereocenters. The van der Waals surface area contributed by atoms with Crippen LogP contribution in [0.5, 0.6) is 0 Å². The zero-order valence-corrected chi connectivity index (χ0v) is 27.3. The smallest absolute Gasteiger partial charge is 0.303 e. The Hall–Kier alpha value is -1.92. The summed E-state index contributed by atoms with van der Waals surface area (Å²) < 4.78 is 16.8. The van der Waals surface area contributed by atoms with Gasteiger partial charge in [0.15, 0.2) is 5.78 Å². The van der Waals surface area contributed by atoms with E-state index in [1.165, 1.54) is 20.8 Å². The highest BCUT2D eigenvalue weighted by Crippen LogP contribution is 2.77. The van der Waals surface area contributed by atoms with Gasteiger partial charge in [-0.3, -0.25) is 19.2 Å². The van der Waals surface area contributed by atoms with Gasteiger partial charge in [-0.1, -0.05) is 34.6 Å². The monoisotopic (exact) mass is 586 g/mol. The van der Waals surface area contributed by atoms with Crippen LogP contribution in [0.3, 0.4) is 0 Å². The molecule has 5 aliphatic rings. The third-order valence-corrected chi connectivity index (χ3v) is 14.2. The number of ether oxygens (including phenoxy) is 3. The molecule has 5 rings (SSSR count). The van der Waals surface area contributed by atoms with E-state index in [1.54, 1.807) is 0 Å². The molecule has 5 aliphatic carbocycles. The Morgan fingerprint density at radius 2 is 1.36 bits per heavy atom. The summed E-state index contributed by atoms with van der Waals surface area (Å²) in [5, 5.41) is 0. The second-order valence-electron chi connectivity index (χ2n) is 16.2. The van der Waals surface area contributed by atoms with Crippen molar-refractivity contribution in [3.63, 3.8) is 0 Å². The molecule has 0 N–H and O–H groups in total. The van der Waals surface area contributed by atoms with Gasteiger partial charge < -0.3 is 14.2 Å². The number of esters is 3. The zero-order valence-electron chi connectivity index (χ0n) is 27.3. The summed E-state index contributed by atoms with van der Waals surface area (Å²) in [5.74, 6) is 0.495. The van der Waals surface area contributed by atoms with E-state index in [-0.39, 0.29) is 69.3 Å². The fourth-order valence-electron chi connectivity index (χ4n) is 12.3. The van der Waals surface area contributed by atoms with Crippen LogP contribution in [0.25, 0.3) is 0 Å². The molecule has 0 aliphatic heterocycles. The second-order valence-corrected chi connectivity index (χ2v) is 16.2. The Bertz CT molecular complexity index is 1130. The van der Waals surface area contributed by atoms with Crippen molar-refractivity contribution in [2.24, 2.45) is 56.7 Å². The first-order valence-corrected chi connectivity index (χ1v) is 16.5. The van der Waals surface area contributed by atoms with Crippen LogP contribution in [0.2, 0.25) is 0 Å². The van der Waals surface area contributed by atoms with Crippen molar-refractivity contribution in [2.75, 3.05) is 13.2 Å². The SMILES string of the molecule is CC(=O)OCC(=O)[C@@H]1CC[C@]2(COC(C)=O)CC[C@]3(C)[C@H](CC[C@@H]4[C@@]5(C)CC[C@H](OC(C)=O)C(C)(C)[C@@H]5CC[C@]43C)[C@@H]12. The molecule has 0 spiro atoms. The van der Waals surface area contributed by atoms with Gasteiger partial charge in [-0.15, -0.1) is 0 Å². The van der Waals surface area contributed by atoms with Crippen LogP contribution in [0.4, 0.5) is 0 Å². The van der Waals surface area contributed by atoms with Gasteiger partial charge in [0.05, 0.1) is 6.61 Å². The van der Waals surface area contributed by atoms with Crippen LogP contribution in [0, 0.1) is 56.7 Å². The lowest BCUT2D eigenvalue weighted by atomic mass is 9.32. The fourth-order valence-corrected chi connectivity index (χ4v) is 12.3. The van der Waals surface area contributed by atoms with E-state index in [4.69, 9.17) is 14.2 Å². The van der Waals surface area contributed by atoms with Crippen LogP contribution in [0.1, 0.15) is 120 Å². The molecule has 0 heterocycles. The average Bonchev–Trinajstić information content (AvgIpc) is 3.28. The molecule has 0 aromatic rings. The summed E-state index contributed by atoms with van der Waals surface area (Å²) in [7, 11) is 0. The Labute approximate surface area is 252 Å². The molecule has 0 radical (unpaired) electrons. The number of fused-ring (bicyclic) bond motifs is 7. The van der Waals surface area contributed by atoms with Crippen molar-refractivity contribution < 1.29 is 33.4 Å². The quantitative estimate of drug-likeness (QED) is 0.253. The standard InChI is InChI=1S/C35H54O7/c1-21(36)40-19-26(39)24-11-16-35(20-41-22(2)37)18-17-33(7)25(30(24)35)9-10-28-32(6)14-13-29(42-23(3)38)31(4,5)27(32)12-15-34(28,33)8/h24-25,27-30H,9-20H2,1-8H3/t24-,25+,27-,28+,29-,30+,32-,33+,34+,35+/m0/s1. The molecule has 0 aromatic heterocycles. The fraction of sp³-hybridized carbons (Fsp3) is 0.886. The molecule has 0 unspecified atom stereocenters. The summed E-state index contributed by atoms with van der Waals surface area (Å²) in [4.78, 5) is 49.1. The summed E-state index contributed by atoms with van der Waals surface area (Å²) in [6.45, 7) is 16.8. The maximum Gasteiger partial charge on any atom is 0.303 e. The van der Waals surface area contributed by atoms with Crippen molar-refractivity contribution >= 4 is 23.7 Å². The van der Waals surface area contributed by atoms with Crippen LogP contribution in [-0.4, -0.2) is 43.0 Å². The molecule has 0 bridgehead atoms. The van der Waals surface area contributed by atoms with E-state index >= 15 is 0 Å². The molecule has 0 saturated heterocycles. The average molecular weight is 587 g/mol. The number of hydrogen-bond acceptors (Lipinski definition) is 7. The van der Waals surface area contributed by atoms with Gasteiger partial charge in [-0.05, 0) is 104 Å². The van der Waals surface area contributed by atoms with Crippen molar-refractivity contribution in [3.8, 4) is 0 Å². The van der Waals surface area contributed by atoms with Crippen LogP contribution in [-0.2, 0) is 33.4 Å². The second kappa shape index (κ2) is 10.6. The molecule has 0 aromatic carbocycles. The predicted octanol–water partition coefficient (Wildman–Crippen LogP) is 6.69. The molecular formula is C35H54O7. The molecule has 5 saturated carbocycles. The number of carbonyl (C=O) groups is 4. The number of hydrogen-bond donors (Lipinski definition) is 0. The largest absolute Gasteiger partial charge is 0.465 e. The highest BCUT2D eigenvalue weighted by molar-refractivity contribution is 5.85. The maximum absolute atomic E-state index is 13.6. The maximum atomic E-state index is 13.6. The van der Waals surface area contributed by atoms with Gasteiger partial charge in [0.2, 0.25) is 0 Å².